The van der Waals surface area contributed by atoms with Gasteiger partial charge in [-0.3, -0.25) is 14.5 Å². The highest BCUT2D eigenvalue weighted by atomic mass is 35.5. The van der Waals surface area contributed by atoms with Gasteiger partial charge in [0, 0.05) is 5.69 Å². The molecule has 26 heavy (non-hydrogen) atoms. The van der Waals surface area contributed by atoms with Gasteiger partial charge >= 0.3 is 0 Å². The lowest BCUT2D eigenvalue weighted by Crippen LogP contribution is -2.43. The molecule has 0 unspecified atom stereocenters. The third-order valence-electron chi connectivity index (χ3n) is 3.77. The Morgan fingerprint density at radius 1 is 1.12 bits per heavy atom. The predicted molar refractivity (Wildman–Crippen MR) is 102 cm³/mol. The second-order valence-corrected chi connectivity index (χ2v) is 6.55. The van der Waals surface area contributed by atoms with Crippen molar-refractivity contribution in [2.75, 3.05) is 24.2 Å². The van der Waals surface area contributed by atoms with Crippen molar-refractivity contribution in [2.24, 2.45) is 0 Å². The highest BCUT2D eigenvalue weighted by molar-refractivity contribution is 6.42. The Labute approximate surface area is 161 Å². The minimum absolute atomic E-state index is 0.0356. The molecule has 0 radical (unpaired) electrons. The number of hydrogen-bond donors (Lipinski definition) is 2. The van der Waals surface area contributed by atoms with Crippen molar-refractivity contribution in [1.29, 1.82) is 0 Å². The summed E-state index contributed by atoms with van der Waals surface area (Å²) in [6.07, 6.45) is 0. The first-order valence-electron chi connectivity index (χ1n) is 7.78. The van der Waals surface area contributed by atoms with Crippen molar-refractivity contribution in [3.8, 4) is 0 Å². The summed E-state index contributed by atoms with van der Waals surface area (Å²) in [4.78, 5) is 25.9. The molecule has 0 saturated carbocycles. The molecule has 0 saturated heterocycles. The van der Waals surface area contributed by atoms with Gasteiger partial charge in [-0.2, -0.15) is 0 Å². The van der Waals surface area contributed by atoms with Gasteiger partial charge in [0.05, 0.1) is 28.3 Å². The summed E-state index contributed by atoms with van der Waals surface area (Å²) in [7, 11) is 1.63. The fraction of sp³-hybridized carbons (Fsp3) is 0.222. The minimum Gasteiger partial charge on any atom is -0.325 e. The van der Waals surface area contributed by atoms with Gasteiger partial charge in [-0.15, -0.1) is 0 Å². The van der Waals surface area contributed by atoms with Crippen LogP contribution in [0.4, 0.5) is 15.8 Å². The SMILES string of the molecule is C[C@@H](C(=O)Nc1ccccc1F)N(C)CC(=O)Nc1ccc(Cl)c(Cl)c1. The Balaban J connectivity index is 1.91. The zero-order valence-corrected chi connectivity index (χ0v) is 15.7. The van der Waals surface area contributed by atoms with Crippen LogP contribution in [0, 0.1) is 5.82 Å². The third-order valence-corrected chi connectivity index (χ3v) is 4.51. The van der Waals surface area contributed by atoms with Crippen LogP contribution >= 0.6 is 23.2 Å². The van der Waals surface area contributed by atoms with Crippen LogP contribution < -0.4 is 10.6 Å². The van der Waals surface area contributed by atoms with Crippen LogP contribution in [-0.2, 0) is 9.59 Å². The number of carbonyl (C=O) groups excluding carboxylic acids is 2. The van der Waals surface area contributed by atoms with Crippen molar-refractivity contribution in [3.63, 3.8) is 0 Å². The molecule has 2 N–H and O–H groups in total. The molecule has 0 spiro atoms. The van der Waals surface area contributed by atoms with Crippen LogP contribution in [0.3, 0.4) is 0 Å². The number of hydrogen-bond acceptors (Lipinski definition) is 3. The molecule has 2 rings (SSSR count). The number of amides is 2. The molecule has 2 aromatic rings. The number of carbonyl (C=O) groups is 2. The monoisotopic (exact) mass is 397 g/mol. The number of likely N-dealkylation sites (N-methyl/N-ethyl adjacent to an activating group) is 1. The highest BCUT2D eigenvalue weighted by Gasteiger charge is 2.21. The van der Waals surface area contributed by atoms with Crippen molar-refractivity contribution in [3.05, 3.63) is 58.3 Å². The normalized spacial score (nSPS) is 11.9. The fourth-order valence-corrected chi connectivity index (χ4v) is 2.44. The van der Waals surface area contributed by atoms with E-state index in [0.29, 0.717) is 15.7 Å². The Bertz CT molecular complexity index is 817. The van der Waals surface area contributed by atoms with E-state index in [1.54, 1.807) is 37.1 Å². The molecule has 8 heteroatoms. The van der Waals surface area contributed by atoms with Gasteiger partial charge in [0.2, 0.25) is 11.8 Å². The number of nitrogens with zero attached hydrogens (tertiary/aromatic N) is 1. The van der Waals surface area contributed by atoms with Crippen molar-refractivity contribution < 1.29 is 14.0 Å². The molecular weight excluding hydrogens is 380 g/mol. The lowest BCUT2D eigenvalue weighted by atomic mass is 10.2. The maximum absolute atomic E-state index is 13.6. The molecule has 0 heterocycles. The van der Waals surface area contributed by atoms with E-state index in [4.69, 9.17) is 23.2 Å². The zero-order valence-electron chi connectivity index (χ0n) is 14.2. The predicted octanol–water partition coefficient (Wildman–Crippen LogP) is 4.03. The first-order valence-corrected chi connectivity index (χ1v) is 8.54. The molecule has 0 fully saturated rings. The third kappa shape index (κ3) is 5.42. The summed E-state index contributed by atoms with van der Waals surface area (Å²) in [6, 6.07) is 9.98. The largest absolute Gasteiger partial charge is 0.325 e. The topological polar surface area (TPSA) is 61.4 Å². The van der Waals surface area contributed by atoms with Crippen LogP contribution in [0.1, 0.15) is 6.92 Å². The molecule has 0 aliphatic heterocycles. The number of rotatable bonds is 6. The summed E-state index contributed by atoms with van der Waals surface area (Å²) >= 11 is 11.7. The fourth-order valence-electron chi connectivity index (χ4n) is 2.14. The van der Waals surface area contributed by atoms with Crippen molar-refractivity contribution in [1.82, 2.24) is 4.90 Å². The van der Waals surface area contributed by atoms with Crippen molar-refractivity contribution >= 4 is 46.4 Å². The van der Waals surface area contributed by atoms with E-state index in [9.17, 15) is 14.0 Å². The van der Waals surface area contributed by atoms with Gasteiger partial charge in [0.1, 0.15) is 5.82 Å². The molecule has 0 aromatic heterocycles. The van der Waals surface area contributed by atoms with Gasteiger partial charge in [-0.1, -0.05) is 35.3 Å². The Hall–Kier alpha value is -2.15. The maximum atomic E-state index is 13.6. The number of nitrogens with one attached hydrogen (secondary N) is 2. The first kappa shape index (κ1) is 20.2. The number of para-hydroxylation sites is 1. The summed E-state index contributed by atoms with van der Waals surface area (Å²) in [6.45, 7) is 1.59. The van der Waals surface area contributed by atoms with Crippen LogP contribution in [0.5, 0.6) is 0 Å². The van der Waals surface area contributed by atoms with Crippen LogP contribution in [0.2, 0.25) is 10.0 Å². The van der Waals surface area contributed by atoms with Gasteiger partial charge in [0.15, 0.2) is 0 Å². The molecule has 1 atom stereocenters. The molecule has 0 aliphatic rings. The van der Waals surface area contributed by atoms with Crippen LogP contribution in [0.25, 0.3) is 0 Å². The second-order valence-electron chi connectivity index (χ2n) is 5.74. The van der Waals surface area contributed by atoms with E-state index in [-0.39, 0.29) is 18.1 Å². The number of benzene rings is 2. The van der Waals surface area contributed by atoms with Gasteiger partial charge < -0.3 is 10.6 Å². The van der Waals surface area contributed by atoms with Crippen LogP contribution in [-0.4, -0.2) is 36.3 Å². The smallest absolute Gasteiger partial charge is 0.241 e. The zero-order chi connectivity index (χ0) is 19.3. The van der Waals surface area contributed by atoms with E-state index in [1.807, 2.05) is 0 Å². The van der Waals surface area contributed by atoms with E-state index < -0.39 is 17.8 Å². The Kier molecular flexibility index (Phi) is 6.97. The van der Waals surface area contributed by atoms with Gasteiger partial charge in [-0.05, 0) is 44.3 Å². The van der Waals surface area contributed by atoms with Crippen LogP contribution in [0.15, 0.2) is 42.5 Å². The summed E-state index contributed by atoms with van der Waals surface area (Å²) in [5.74, 6) is -1.26. The highest BCUT2D eigenvalue weighted by Crippen LogP contribution is 2.25. The molecular formula is C18H18Cl2FN3O2. The second kappa shape index (κ2) is 8.98. The van der Waals surface area contributed by atoms with E-state index in [2.05, 4.69) is 10.6 Å². The summed E-state index contributed by atoms with van der Waals surface area (Å²) in [5, 5.41) is 5.90. The molecule has 2 amide bonds. The van der Waals surface area contributed by atoms with Crippen molar-refractivity contribution in [2.45, 2.75) is 13.0 Å². The maximum Gasteiger partial charge on any atom is 0.241 e. The average Bonchev–Trinajstić information content (AvgIpc) is 2.59. The Morgan fingerprint density at radius 3 is 2.46 bits per heavy atom. The standard InChI is InChI=1S/C18H18Cl2FN3O2/c1-11(18(26)23-16-6-4-3-5-15(16)21)24(2)10-17(25)22-12-7-8-13(19)14(20)9-12/h3-9,11H,10H2,1-2H3,(H,22,25)(H,23,26)/t11-/m0/s1. The lowest BCUT2D eigenvalue weighted by molar-refractivity contribution is -0.122. The summed E-state index contributed by atoms with van der Waals surface area (Å²) < 4.78 is 13.6. The molecule has 5 nitrogen and oxygen atoms in total. The lowest BCUT2D eigenvalue weighted by Gasteiger charge is -2.23. The van der Waals surface area contributed by atoms with Gasteiger partial charge in [-0.25, -0.2) is 4.39 Å². The molecule has 0 aliphatic carbocycles. The summed E-state index contributed by atoms with van der Waals surface area (Å²) in [5.41, 5.74) is 0.597. The number of anilines is 2. The number of halogens is 3. The van der Waals surface area contributed by atoms with Gasteiger partial charge in [0.25, 0.3) is 0 Å². The molecule has 2 aromatic carbocycles. The van der Waals surface area contributed by atoms with E-state index >= 15 is 0 Å². The first-order chi connectivity index (χ1) is 12.3. The Morgan fingerprint density at radius 2 is 1.81 bits per heavy atom. The molecule has 138 valence electrons. The quantitative estimate of drug-likeness (QED) is 0.773. The van der Waals surface area contributed by atoms with E-state index in [0.717, 1.165) is 0 Å². The van der Waals surface area contributed by atoms with E-state index in [1.165, 1.54) is 24.3 Å². The minimum atomic E-state index is -0.644. The molecule has 0 bridgehead atoms. The average molecular weight is 398 g/mol.